The Morgan fingerprint density at radius 3 is 3.50 bits per heavy atom. The third-order valence-corrected chi connectivity index (χ3v) is 1.70. The van der Waals surface area contributed by atoms with E-state index < -0.39 is 0 Å². The number of fused-ring (bicyclic) bond motifs is 1. The normalized spacial score (nSPS) is 30.2. The number of nitrogens with one attached hydrogen (secondary N) is 1. The molecule has 0 aliphatic carbocycles. The third-order valence-electron chi connectivity index (χ3n) is 1.70. The first-order chi connectivity index (χ1) is 4.86. The number of hydrogen-bond donors (Lipinski definition) is 1. The SMILES string of the molecule is O=C1C=C2CNCC2N=N1. The van der Waals surface area contributed by atoms with Crippen molar-refractivity contribution in [3.8, 4) is 0 Å². The Bertz CT molecular complexity index is 231. The Kier molecular flexibility index (Phi) is 1.14. The van der Waals surface area contributed by atoms with Crippen molar-refractivity contribution in [2.75, 3.05) is 13.1 Å². The molecule has 0 spiro atoms. The quantitative estimate of drug-likeness (QED) is 0.506. The van der Waals surface area contributed by atoms with Gasteiger partial charge in [-0.25, -0.2) is 0 Å². The van der Waals surface area contributed by atoms with E-state index >= 15 is 0 Å². The summed E-state index contributed by atoms with van der Waals surface area (Å²) in [6, 6.07) is 0.137. The fourth-order valence-electron chi connectivity index (χ4n) is 1.18. The maximum absolute atomic E-state index is 10.6. The van der Waals surface area contributed by atoms with E-state index in [-0.39, 0.29) is 11.9 Å². The molecule has 52 valence electrons. The summed E-state index contributed by atoms with van der Waals surface area (Å²) in [6.45, 7) is 1.61. The molecule has 1 N–H and O–H groups in total. The van der Waals surface area contributed by atoms with E-state index in [1.165, 1.54) is 0 Å². The fraction of sp³-hybridized carbons (Fsp3) is 0.500. The Morgan fingerprint density at radius 1 is 1.70 bits per heavy atom. The van der Waals surface area contributed by atoms with E-state index in [2.05, 4.69) is 15.5 Å². The first kappa shape index (κ1) is 5.73. The van der Waals surface area contributed by atoms with Crippen molar-refractivity contribution >= 4 is 5.91 Å². The first-order valence-electron chi connectivity index (χ1n) is 3.22. The van der Waals surface area contributed by atoms with Gasteiger partial charge in [-0.1, -0.05) is 0 Å². The zero-order valence-corrected chi connectivity index (χ0v) is 5.37. The molecule has 2 heterocycles. The number of carbonyl (C=O) groups excluding carboxylic acids is 1. The summed E-state index contributed by atoms with van der Waals surface area (Å²) in [5.41, 5.74) is 1.07. The molecule has 0 saturated carbocycles. The highest BCUT2D eigenvalue weighted by atomic mass is 16.1. The summed E-state index contributed by atoms with van der Waals surface area (Å²) in [5.74, 6) is -0.227. The van der Waals surface area contributed by atoms with Crippen LogP contribution in [-0.2, 0) is 4.79 Å². The van der Waals surface area contributed by atoms with Gasteiger partial charge >= 0.3 is 0 Å². The molecule has 1 amide bonds. The summed E-state index contributed by atoms with van der Waals surface area (Å²) in [6.07, 6.45) is 1.57. The van der Waals surface area contributed by atoms with Gasteiger partial charge in [0.2, 0.25) is 0 Å². The van der Waals surface area contributed by atoms with Crippen molar-refractivity contribution in [3.63, 3.8) is 0 Å². The Morgan fingerprint density at radius 2 is 2.60 bits per heavy atom. The minimum Gasteiger partial charge on any atom is -0.310 e. The van der Waals surface area contributed by atoms with E-state index in [9.17, 15) is 4.79 Å². The molecule has 0 bridgehead atoms. The molecular formula is C6H7N3O. The smallest absolute Gasteiger partial charge is 0.287 e. The topological polar surface area (TPSA) is 53.8 Å². The minimum absolute atomic E-state index is 0.137. The number of amides is 1. The van der Waals surface area contributed by atoms with E-state index in [1.807, 2.05) is 0 Å². The molecule has 2 aliphatic heterocycles. The van der Waals surface area contributed by atoms with Crippen molar-refractivity contribution < 1.29 is 4.79 Å². The molecule has 0 aromatic carbocycles. The van der Waals surface area contributed by atoms with Crippen molar-refractivity contribution in [2.45, 2.75) is 6.04 Å². The van der Waals surface area contributed by atoms with Crippen LogP contribution in [0.25, 0.3) is 0 Å². The summed E-state index contributed by atoms with van der Waals surface area (Å²) in [7, 11) is 0. The Balaban J connectivity index is 2.30. The lowest BCUT2D eigenvalue weighted by Crippen LogP contribution is -2.13. The summed E-state index contributed by atoms with van der Waals surface area (Å²) in [5, 5.41) is 10.4. The highest BCUT2D eigenvalue weighted by molar-refractivity contribution is 5.89. The van der Waals surface area contributed by atoms with Gasteiger partial charge in [0.25, 0.3) is 5.91 Å². The van der Waals surface area contributed by atoms with Gasteiger partial charge in [0.1, 0.15) is 6.04 Å². The minimum atomic E-state index is -0.227. The van der Waals surface area contributed by atoms with E-state index in [0.29, 0.717) is 0 Å². The number of azo groups is 1. The third kappa shape index (κ3) is 0.769. The van der Waals surface area contributed by atoms with Crippen LogP contribution in [0.1, 0.15) is 0 Å². The fourth-order valence-corrected chi connectivity index (χ4v) is 1.18. The van der Waals surface area contributed by atoms with E-state index in [0.717, 1.165) is 18.7 Å². The predicted octanol–water partition coefficient (Wildman–Crippen LogP) is -0.123. The number of nitrogens with zero attached hydrogens (tertiary/aromatic N) is 2. The van der Waals surface area contributed by atoms with Gasteiger partial charge < -0.3 is 5.32 Å². The first-order valence-corrected chi connectivity index (χ1v) is 3.22. The standard InChI is InChI=1S/C6H7N3O/c10-6-1-4-2-7-3-5(4)8-9-6/h1,5,7H,2-3H2. The molecule has 1 saturated heterocycles. The van der Waals surface area contributed by atoms with Crippen LogP contribution < -0.4 is 5.32 Å². The van der Waals surface area contributed by atoms with Crippen molar-refractivity contribution in [2.24, 2.45) is 10.2 Å². The van der Waals surface area contributed by atoms with Crippen molar-refractivity contribution in [1.29, 1.82) is 0 Å². The second kappa shape index (κ2) is 1.98. The molecule has 0 aromatic heterocycles. The number of carbonyl (C=O) groups is 1. The molecule has 0 aromatic rings. The number of rotatable bonds is 0. The molecule has 2 rings (SSSR count). The molecule has 0 radical (unpaired) electrons. The van der Waals surface area contributed by atoms with Crippen LogP contribution in [0.2, 0.25) is 0 Å². The lowest BCUT2D eigenvalue weighted by atomic mass is 10.1. The van der Waals surface area contributed by atoms with Gasteiger partial charge in [-0.15, -0.1) is 5.11 Å². The maximum atomic E-state index is 10.6. The molecule has 4 heteroatoms. The molecule has 1 atom stereocenters. The van der Waals surface area contributed by atoms with Crippen LogP contribution in [0, 0.1) is 0 Å². The van der Waals surface area contributed by atoms with Crippen LogP contribution >= 0.6 is 0 Å². The summed E-state index contributed by atoms with van der Waals surface area (Å²) >= 11 is 0. The van der Waals surface area contributed by atoms with Gasteiger partial charge in [0.05, 0.1) is 0 Å². The van der Waals surface area contributed by atoms with Gasteiger partial charge in [-0.3, -0.25) is 4.79 Å². The lowest BCUT2D eigenvalue weighted by Gasteiger charge is -2.05. The Hall–Kier alpha value is -1.03. The summed E-state index contributed by atoms with van der Waals surface area (Å²) in [4.78, 5) is 10.6. The van der Waals surface area contributed by atoms with Crippen LogP contribution in [0.5, 0.6) is 0 Å². The lowest BCUT2D eigenvalue weighted by molar-refractivity contribution is -0.114. The van der Waals surface area contributed by atoms with E-state index in [1.54, 1.807) is 6.08 Å². The van der Waals surface area contributed by atoms with Crippen LogP contribution in [-0.4, -0.2) is 25.0 Å². The highest BCUT2D eigenvalue weighted by Gasteiger charge is 2.23. The molecule has 10 heavy (non-hydrogen) atoms. The van der Waals surface area contributed by atoms with Gasteiger partial charge in [-0.2, -0.15) is 5.11 Å². The summed E-state index contributed by atoms with van der Waals surface area (Å²) < 4.78 is 0. The molecule has 1 fully saturated rings. The molecule has 2 aliphatic rings. The van der Waals surface area contributed by atoms with Gasteiger partial charge in [-0.05, 0) is 5.57 Å². The molecular weight excluding hydrogens is 130 g/mol. The number of hydrogen-bond acceptors (Lipinski definition) is 3. The average Bonchev–Trinajstić information content (AvgIpc) is 2.33. The predicted molar refractivity (Wildman–Crippen MR) is 34.6 cm³/mol. The van der Waals surface area contributed by atoms with Crippen molar-refractivity contribution in [3.05, 3.63) is 11.6 Å². The maximum Gasteiger partial charge on any atom is 0.287 e. The average molecular weight is 137 g/mol. The van der Waals surface area contributed by atoms with Crippen molar-refractivity contribution in [1.82, 2.24) is 5.32 Å². The van der Waals surface area contributed by atoms with Crippen LogP contribution in [0.15, 0.2) is 21.9 Å². The molecule has 4 nitrogen and oxygen atoms in total. The van der Waals surface area contributed by atoms with Crippen LogP contribution in [0.3, 0.4) is 0 Å². The highest BCUT2D eigenvalue weighted by Crippen LogP contribution is 2.15. The van der Waals surface area contributed by atoms with E-state index in [4.69, 9.17) is 0 Å². The van der Waals surface area contributed by atoms with Gasteiger partial charge in [0, 0.05) is 19.2 Å². The zero-order valence-electron chi connectivity index (χ0n) is 5.37. The van der Waals surface area contributed by atoms with Crippen LogP contribution in [0.4, 0.5) is 0 Å². The molecule has 1 unspecified atom stereocenters. The van der Waals surface area contributed by atoms with Gasteiger partial charge in [0.15, 0.2) is 0 Å². The zero-order chi connectivity index (χ0) is 6.97. The largest absolute Gasteiger partial charge is 0.310 e. The second-order valence-electron chi connectivity index (χ2n) is 2.42. The second-order valence-corrected chi connectivity index (χ2v) is 2.42. The Labute approximate surface area is 58.0 Å². The monoisotopic (exact) mass is 137 g/mol.